The quantitative estimate of drug-likeness (QED) is 0.652. The van der Waals surface area contributed by atoms with Gasteiger partial charge in [-0.05, 0) is 43.5 Å². The Hall–Kier alpha value is -0.970. The van der Waals surface area contributed by atoms with E-state index in [0.29, 0.717) is 23.1 Å². The molecule has 0 spiro atoms. The van der Waals surface area contributed by atoms with Gasteiger partial charge in [-0.2, -0.15) is 0 Å². The molecular formula is C15H24ClNO3. The lowest BCUT2D eigenvalue weighted by Crippen LogP contribution is -2.12. The molecule has 4 nitrogen and oxygen atoms in total. The van der Waals surface area contributed by atoms with E-state index in [0.717, 1.165) is 37.9 Å². The predicted octanol–water partition coefficient (Wildman–Crippen LogP) is 3.00. The van der Waals surface area contributed by atoms with Crippen LogP contribution in [0.15, 0.2) is 12.1 Å². The Bertz CT molecular complexity index is 399. The zero-order valence-electron chi connectivity index (χ0n) is 12.2. The van der Waals surface area contributed by atoms with E-state index in [2.05, 4.69) is 12.2 Å². The number of methoxy groups -OCH3 is 1. The molecule has 20 heavy (non-hydrogen) atoms. The van der Waals surface area contributed by atoms with Crippen molar-refractivity contribution < 1.29 is 14.6 Å². The standard InChI is InChI=1S/C15H24ClNO3/c1-3-17-11-12-9-13(16)15(14(10-12)19-2)20-8-6-4-5-7-18/h9-10,17-18H,3-8,11H2,1-2H3. The van der Waals surface area contributed by atoms with E-state index < -0.39 is 0 Å². The highest BCUT2D eigenvalue weighted by Gasteiger charge is 2.11. The van der Waals surface area contributed by atoms with E-state index in [1.165, 1.54) is 0 Å². The van der Waals surface area contributed by atoms with E-state index in [-0.39, 0.29) is 6.61 Å². The van der Waals surface area contributed by atoms with Crippen LogP contribution in [0.5, 0.6) is 11.5 Å². The van der Waals surface area contributed by atoms with Gasteiger partial charge in [0.1, 0.15) is 0 Å². The minimum Gasteiger partial charge on any atom is -0.493 e. The second kappa shape index (κ2) is 9.86. The van der Waals surface area contributed by atoms with Crippen LogP contribution >= 0.6 is 11.6 Å². The highest BCUT2D eigenvalue weighted by molar-refractivity contribution is 6.32. The van der Waals surface area contributed by atoms with Crippen LogP contribution in [0, 0.1) is 0 Å². The smallest absolute Gasteiger partial charge is 0.179 e. The van der Waals surface area contributed by atoms with Crippen molar-refractivity contribution >= 4 is 11.6 Å². The molecule has 2 N–H and O–H groups in total. The zero-order valence-corrected chi connectivity index (χ0v) is 13.0. The first kappa shape index (κ1) is 17.1. The van der Waals surface area contributed by atoms with E-state index >= 15 is 0 Å². The van der Waals surface area contributed by atoms with E-state index in [4.69, 9.17) is 26.2 Å². The average Bonchev–Trinajstić information content (AvgIpc) is 2.46. The molecule has 0 heterocycles. The average molecular weight is 302 g/mol. The maximum Gasteiger partial charge on any atom is 0.179 e. The molecule has 5 heteroatoms. The SMILES string of the molecule is CCNCc1cc(Cl)c(OCCCCCO)c(OC)c1. The molecule has 1 aromatic carbocycles. The van der Waals surface area contributed by atoms with Crippen molar-refractivity contribution in [2.24, 2.45) is 0 Å². The first-order valence-electron chi connectivity index (χ1n) is 7.03. The number of halogens is 1. The number of ether oxygens (including phenoxy) is 2. The number of unbranched alkanes of at least 4 members (excludes halogenated alkanes) is 2. The third-order valence-corrected chi connectivity index (χ3v) is 3.20. The Morgan fingerprint density at radius 3 is 2.70 bits per heavy atom. The van der Waals surface area contributed by atoms with Crippen molar-refractivity contribution in [3.8, 4) is 11.5 Å². The van der Waals surface area contributed by atoms with E-state index in [9.17, 15) is 0 Å². The van der Waals surface area contributed by atoms with Gasteiger partial charge in [0, 0.05) is 13.2 Å². The molecule has 0 atom stereocenters. The van der Waals surface area contributed by atoms with Crippen molar-refractivity contribution in [3.63, 3.8) is 0 Å². The number of hydrogen-bond donors (Lipinski definition) is 2. The molecule has 0 bridgehead atoms. The Labute approximate surface area is 126 Å². The fourth-order valence-corrected chi connectivity index (χ4v) is 2.14. The summed E-state index contributed by atoms with van der Waals surface area (Å²) in [6, 6.07) is 3.84. The van der Waals surface area contributed by atoms with Gasteiger partial charge in [-0.25, -0.2) is 0 Å². The first-order valence-corrected chi connectivity index (χ1v) is 7.41. The second-order valence-electron chi connectivity index (χ2n) is 4.52. The molecule has 0 unspecified atom stereocenters. The normalized spacial score (nSPS) is 10.6. The highest BCUT2D eigenvalue weighted by atomic mass is 35.5. The predicted molar refractivity (Wildman–Crippen MR) is 81.8 cm³/mol. The summed E-state index contributed by atoms with van der Waals surface area (Å²) in [6.45, 7) is 4.51. The lowest BCUT2D eigenvalue weighted by molar-refractivity contribution is 0.260. The zero-order chi connectivity index (χ0) is 14.8. The summed E-state index contributed by atoms with van der Waals surface area (Å²) in [5.41, 5.74) is 1.07. The van der Waals surface area contributed by atoms with E-state index in [1.54, 1.807) is 7.11 Å². The lowest BCUT2D eigenvalue weighted by atomic mass is 10.2. The minimum absolute atomic E-state index is 0.225. The largest absolute Gasteiger partial charge is 0.493 e. The van der Waals surface area contributed by atoms with Gasteiger partial charge < -0.3 is 19.9 Å². The highest BCUT2D eigenvalue weighted by Crippen LogP contribution is 2.36. The molecule has 0 amide bonds. The van der Waals surface area contributed by atoms with Gasteiger partial charge in [0.2, 0.25) is 0 Å². The summed E-state index contributed by atoms with van der Waals surface area (Å²) in [4.78, 5) is 0. The molecular weight excluding hydrogens is 278 g/mol. The number of nitrogens with one attached hydrogen (secondary N) is 1. The van der Waals surface area contributed by atoms with Crippen LogP contribution in [-0.2, 0) is 6.54 Å². The fourth-order valence-electron chi connectivity index (χ4n) is 1.85. The number of rotatable bonds is 10. The molecule has 1 rings (SSSR count). The summed E-state index contributed by atoms with van der Waals surface area (Å²) in [5, 5.41) is 12.5. The molecule has 0 radical (unpaired) electrons. The second-order valence-corrected chi connectivity index (χ2v) is 4.93. The summed E-state index contributed by atoms with van der Waals surface area (Å²) in [5.74, 6) is 1.26. The van der Waals surface area contributed by atoms with Crippen LogP contribution in [0.3, 0.4) is 0 Å². The Kier molecular flexibility index (Phi) is 8.42. The van der Waals surface area contributed by atoms with Crippen LogP contribution in [0.4, 0.5) is 0 Å². The van der Waals surface area contributed by atoms with Crippen molar-refractivity contribution in [2.75, 3.05) is 26.9 Å². The maximum absolute atomic E-state index is 8.72. The number of aliphatic hydroxyl groups excluding tert-OH is 1. The van der Waals surface area contributed by atoms with Gasteiger partial charge in [0.25, 0.3) is 0 Å². The van der Waals surface area contributed by atoms with Crippen LogP contribution in [0.25, 0.3) is 0 Å². The van der Waals surface area contributed by atoms with Gasteiger partial charge >= 0.3 is 0 Å². The Morgan fingerprint density at radius 2 is 2.05 bits per heavy atom. The third-order valence-electron chi connectivity index (χ3n) is 2.92. The first-order chi connectivity index (χ1) is 9.72. The third kappa shape index (κ3) is 5.57. The topological polar surface area (TPSA) is 50.7 Å². The Balaban J connectivity index is 2.64. The number of hydrogen-bond acceptors (Lipinski definition) is 4. The molecule has 0 saturated carbocycles. The lowest BCUT2D eigenvalue weighted by Gasteiger charge is -2.14. The monoisotopic (exact) mass is 301 g/mol. The summed E-state index contributed by atoms with van der Waals surface area (Å²) < 4.78 is 11.1. The summed E-state index contributed by atoms with van der Waals surface area (Å²) in [6.07, 6.45) is 2.63. The van der Waals surface area contributed by atoms with Crippen molar-refractivity contribution in [3.05, 3.63) is 22.7 Å². The van der Waals surface area contributed by atoms with Gasteiger partial charge in [0.15, 0.2) is 11.5 Å². The van der Waals surface area contributed by atoms with Crippen LogP contribution < -0.4 is 14.8 Å². The minimum atomic E-state index is 0.225. The molecule has 1 aromatic rings. The molecule has 0 saturated heterocycles. The van der Waals surface area contributed by atoms with Crippen molar-refractivity contribution in [1.29, 1.82) is 0 Å². The van der Waals surface area contributed by atoms with Crippen LogP contribution in [-0.4, -0.2) is 32.0 Å². The summed E-state index contributed by atoms with van der Waals surface area (Å²) in [7, 11) is 1.61. The number of aliphatic hydroxyl groups is 1. The maximum atomic E-state index is 8.72. The van der Waals surface area contributed by atoms with Gasteiger partial charge in [-0.1, -0.05) is 18.5 Å². The molecule has 0 aliphatic rings. The van der Waals surface area contributed by atoms with E-state index in [1.807, 2.05) is 12.1 Å². The molecule has 0 fully saturated rings. The van der Waals surface area contributed by atoms with Crippen molar-refractivity contribution in [1.82, 2.24) is 5.32 Å². The van der Waals surface area contributed by atoms with Crippen LogP contribution in [0.1, 0.15) is 31.7 Å². The molecule has 0 aromatic heterocycles. The van der Waals surface area contributed by atoms with Gasteiger partial charge in [-0.15, -0.1) is 0 Å². The van der Waals surface area contributed by atoms with Gasteiger partial charge in [0.05, 0.1) is 18.7 Å². The van der Waals surface area contributed by atoms with Gasteiger partial charge in [-0.3, -0.25) is 0 Å². The van der Waals surface area contributed by atoms with Crippen LogP contribution in [0.2, 0.25) is 5.02 Å². The fraction of sp³-hybridized carbons (Fsp3) is 0.600. The molecule has 0 aliphatic carbocycles. The number of benzene rings is 1. The Morgan fingerprint density at radius 1 is 1.25 bits per heavy atom. The van der Waals surface area contributed by atoms with Crippen molar-refractivity contribution in [2.45, 2.75) is 32.7 Å². The summed E-state index contributed by atoms with van der Waals surface area (Å²) >= 11 is 6.26. The molecule has 114 valence electrons. The molecule has 0 aliphatic heterocycles.